The van der Waals surface area contributed by atoms with Gasteiger partial charge in [-0.25, -0.2) is 9.67 Å². The van der Waals surface area contributed by atoms with Crippen molar-refractivity contribution in [3.8, 4) is 5.82 Å². The van der Waals surface area contributed by atoms with Gasteiger partial charge in [0.15, 0.2) is 5.82 Å². The molecule has 2 heterocycles. The predicted octanol–water partition coefficient (Wildman–Crippen LogP) is 2.03. The quantitative estimate of drug-likeness (QED) is 0.870. The van der Waals surface area contributed by atoms with Gasteiger partial charge in [-0.3, -0.25) is 0 Å². The second-order valence-electron chi connectivity index (χ2n) is 3.64. The van der Waals surface area contributed by atoms with Gasteiger partial charge in [-0.15, -0.1) is 0 Å². The van der Waals surface area contributed by atoms with Gasteiger partial charge in [-0.05, 0) is 31.5 Å². The summed E-state index contributed by atoms with van der Waals surface area (Å²) in [5.41, 5.74) is 2.41. The van der Waals surface area contributed by atoms with Gasteiger partial charge in [0, 0.05) is 5.69 Å². The van der Waals surface area contributed by atoms with Crippen LogP contribution < -0.4 is 0 Å². The van der Waals surface area contributed by atoms with Gasteiger partial charge in [-0.2, -0.15) is 5.10 Å². The number of hydrogen-bond acceptors (Lipinski definition) is 3. The van der Waals surface area contributed by atoms with Crippen LogP contribution in [0.15, 0.2) is 18.3 Å². The Balaban J connectivity index is 2.50. The first-order valence-electron chi connectivity index (χ1n) is 4.90. The van der Waals surface area contributed by atoms with E-state index in [1.807, 2.05) is 19.9 Å². The number of pyridine rings is 1. The van der Waals surface area contributed by atoms with Crippen molar-refractivity contribution < 1.29 is 5.11 Å². The zero-order valence-electron chi connectivity index (χ0n) is 9.11. The van der Waals surface area contributed by atoms with Gasteiger partial charge in [0.2, 0.25) is 0 Å². The number of halogens is 1. The van der Waals surface area contributed by atoms with E-state index in [9.17, 15) is 0 Å². The average molecular weight is 238 g/mol. The zero-order valence-corrected chi connectivity index (χ0v) is 9.86. The normalized spacial score (nSPS) is 10.8. The van der Waals surface area contributed by atoms with Crippen molar-refractivity contribution in [1.29, 1.82) is 0 Å². The largest absolute Gasteiger partial charge is 0.392 e. The Kier molecular flexibility index (Phi) is 2.94. The summed E-state index contributed by atoms with van der Waals surface area (Å²) in [6, 6.07) is 3.62. The first-order chi connectivity index (χ1) is 7.60. The van der Waals surface area contributed by atoms with Crippen molar-refractivity contribution in [2.75, 3.05) is 0 Å². The van der Waals surface area contributed by atoms with Crippen molar-refractivity contribution in [2.24, 2.45) is 0 Å². The molecule has 2 aromatic rings. The number of aromatic nitrogens is 3. The number of aliphatic hydroxyl groups is 1. The van der Waals surface area contributed by atoms with Crippen molar-refractivity contribution >= 4 is 11.6 Å². The maximum atomic E-state index is 9.11. The molecule has 0 saturated heterocycles. The molecule has 84 valence electrons. The van der Waals surface area contributed by atoms with Crippen LogP contribution in [-0.2, 0) is 6.61 Å². The van der Waals surface area contributed by atoms with Crippen LogP contribution in [0.1, 0.15) is 17.0 Å². The molecule has 0 aliphatic carbocycles. The van der Waals surface area contributed by atoms with Crippen molar-refractivity contribution in [3.63, 3.8) is 0 Å². The Labute approximate surface area is 98.5 Å². The SMILES string of the molecule is Cc1cc(CO)cc(-n2cc(Cl)c(C)n2)n1. The first-order valence-corrected chi connectivity index (χ1v) is 5.28. The van der Waals surface area contributed by atoms with Crippen LogP contribution in [0.5, 0.6) is 0 Å². The summed E-state index contributed by atoms with van der Waals surface area (Å²) in [5, 5.41) is 14.0. The first kappa shape index (κ1) is 11.1. The Morgan fingerprint density at radius 1 is 1.38 bits per heavy atom. The lowest BCUT2D eigenvalue weighted by Crippen LogP contribution is -2.01. The molecule has 1 N–H and O–H groups in total. The molecule has 0 amide bonds. The third-order valence-corrected chi connectivity index (χ3v) is 2.63. The Bertz CT molecular complexity index is 502. The van der Waals surface area contributed by atoms with Gasteiger partial charge in [-0.1, -0.05) is 11.6 Å². The molecule has 0 radical (unpaired) electrons. The number of hydrogen-bond donors (Lipinski definition) is 1. The van der Waals surface area contributed by atoms with Gasteiger partial charge < -0.3 is 5.11 Å². The summed E-state index contributed by atoms with van der Waals surface area (Å²) in [6.45, 7) is 3.70. The van der Waals surface area contributed by atoms with E-state index in [0.29, 0.717) is 10.8 Å². The highest BCUT2D eigenvalue weighted by atomic mass is 35.5. The molecule has 5 heteroatoms. The fraction of sp³-hybridized carbons (Fsp3) is 0.273. The Morgan fingerprint density at radius 3 is 2.69 bits per heavy atom. The molecule has 0 unspecified atom stereocenters. The lowest BCUT2D eigenvalue weighted by atomic mass is 10.2. The summed E-state index contributed by atoms with van der Waals surface area (Å²) in [6.07, 6.45) is 1.71. The lowest BCUT2D eigenvalue weighted by molar-refractivity contribution is 0.281. The minimum atomic E-state index is -0.00958. The van der Waals surface area contributed by atoms with E-state index in [-0.39, 0.29) is 6.61 Å². The Morgan fingerprint density at radius 2 is 2.12 bits per heavy atom. The van der Waals surface area contributed by atoms with Crippen molar-refractivity contribution in [2.45, 2.75) is 20.5 Å². The maximum absolute atomic E-state index is 9.11. The number of nitrogens with zero attached hydrogens (tertiary/aromatic N) is 3. The molecule has 0 bridgehead atoms. The third-order valence-electron chi connectivity index (χ3n) is 2.26. The second kappa shape index (κ2) is 4.23. The van der Waals surface area contributed by atoms with Crippen LogP contribution in [0.3, 0.4) is 0 Å². The van der Waals surface area contributed by atoms with E-state index < -0.39 is 0 Å². The van der Waals surface area contributed by atoms with Crippen LogP contribution in [0.2, 0.25) is 5.02 Å². The maximum Gasteiger partial charge on any atom is 0.153 e. The van der Waals surface area contributed by atoms with Crippen molar-refractivity contribution in [1.82, 2.24) is 14.8 Å². The van der Waals surface area contributed by atoms with Gasteiger partial charge in [0.1, 0.15) is 0 Å². The van der Waals surface area contributed by atoms with Gasteiger partial charge >= 0.3 is 0 Å². The van der Waals surface area contributed by atoms with Crippen molar-refractivity contribution in [3.05, 3.63) is 40.3 Å². The number of rotatable bonds is 2. The summed E-state index contributed by atoms with van der Waals surface area (Å²) in [4.78, 5) is 4.34. The molecule has 0 aliphatic rings. The lowest BCUT2D eigenvalue weighted by Gasteiger charge is -2.04. The Hall–Kier alpha value is -1.39. The molecule has 0 atom stereocenters. The zero-order chi connectivity index (χ0) is 11.7. The van der Waals surface area contributed by atoms with E-state index >= 15 is 0 Å². The molecule has 16 heavy (non-hydrogen) atoms. The molecule has 4 nitrogen and oxygen atoms in total. The van der Waals surface area contributed by atoms with E-state index in [2.05, 4.69) is 10.1 Å². The van der Waals surface area contributed by atoms with Gasteiger partial charge in [0.05, 0.1) is 23.5 Å². The van der Waals surface area contributed by atoms with E-state index in [4.69, 9.17) is 16.7 Å². The number of aryl methyl sites for hydroxylation is 2. The minimum absolute atomic E-state index is 0.00958. The molecule has 2 aromatic heterocycles. The summed E-state index contributed by atoms with van der Waals surface area (Å²) in [7, 11) is 0. The summed E-state index contributed by atoms with van der Waals surface area (Å²) < 4.78 is 1.61. The van der Waals surface area contributed by atoms with E-state index in [0.717, 1.165) is 17.0 Å². The molecule has 0 aromatic carbocycles. The molecular formula is C11H12ClN3O. The monoisotopic (exact) mass is 237 g/mol. The fourth-order valence-electron chi connectivity index (χ4n) is 1.49. The molecule has 0 aliphatic heterocycles. The summed E-state index contributed by atoms with van der Waals surface area (Å²) in [5.74, 6) is 0.666. The molecule has 0 spiro atoms. The van der Waals surface area contributed by atoms with Crippen LogP contribution in [0.25, 0.3) is 5.82 Å². The van der Waals surface area contributed by atoms with E-state index in [1.54, 1.807) is 16.9 Å². The third kappa shape index (κ3) is 2.08. The van der Waals surface area contributed by atoms with Crippen LogP contribution >= 0.6 is 11.6 Å². The van der Waals surface area contributed by atoms with E-state index in [1.165, 1.54) is 0 Å². The highest BCUT2D eigenvalue weighted by Gasteiger charge is 2.06. The predicted molar refractivity (Wildman–Crippen MR) is 61.8 cm³/mol. The molecule has 0 fully saturated rings. The molecular weight excluding hydrogens is 226 g/mol. The standard InChI is InChI=1S/C11H12ClN3O/c1-7-3-9(6-16)4-11(13-7)15-5-10(12)8(2)14-15/h3-5,16H,6H2,1-2H3. The second-order valence-corrected chi connectivity index (χ2v) is 4.05. The fourth-order valence-corrected chi connectivity index (χ4v) is 1.62. The molecule has 0 saturated carbocycles. The average Bonchev–Trinajstić information content (AvgIpc) is 2.58. The van der Waals surface area contributed by atoms with Crippen LogP contribution in [0.4, 0.5) is 0 Å². The highest BCUT2D eigenvalue weighted by Crippen LogP contribution is 2.16. The van der Waals surface area contributed by atoms with Crippen LogP contribution in [-0.4, -0.2) is 19.9 Å². The number of aliphatic hydroxyl groups excluding tert-OH is 1. The highest BCUT2D eigenvalue weighted by molar-refractivity contribution is 6.31. The molecule has 2 rings (SSSR count). The minimum Gasteiger partial charge on any atom is -0.392 e. The van der Waals surface area contributed by atoms with Crippen LogP contribution in [0, 0.1) is 13.8 Å². The topological polar surface area (TPSA) is 50.9 Å². The summed E-state index contributed by atoms with van der Waals surface area (Å²) >= 11 is 5.93. The smallest absolute Gasteiger partial charge is 0.153 e. The van der Waals surface area contributed by atoms with Gasteiger partial charge in [0.25, 0.3) is 0 Å².